The number of guanidine groups is 1. The monoisotopic (exact) mass is 359 g/mol. The summed E-state index contributed by atoms with van der Waals surface area (Å²) in [6, 6.07) is 6.72. The molecule has 1 saturated heterocycles. The van der Waals surface area contributed by atoms with Crippen molar-refractivity contribution in [2.24, 2.45) is 10.7 Å². The number of aliphatic imine (C=N–C) groups is 1. The lowest BCUT2D eigenvalue weighted by Crippen LogP contribution is -2.43. The van der Waals surface area contributed by atoms with Crippen LogP contribution in [0.3, 0.4) is 0 Å². The normalized spacial score (nSPS) is 23.0. The van der Waals surface area contributed by atoms with Crippen LogP contribution in [0, 0.1) is 0 Å². The van der Waals surface area contributed by atoms with Crippen LogP contribution in [0.5, 0.6) is 11.5 Å². The molecule has 0 atom stereocenters. The van der Waals surface area contributed by atoms with Crippen LogP contribution in [0.15, 0.2) is 23.2 Å². The second-order valence-electron chi connectivity index (χ2n) is 7.64. The number of fused-ring (bicyclic) bond motifs is 1. The van der Waals surface area contributed by atoms with E-state index < -0.39 is 0 Å². The molecule has 0 amide bonds. The quantitative estimate of drug-likeness (QED) is 0.638. The summed E-state index contributed by atoms with van der Waals surface area (Å²) in [5.41, 5.74) is 7.39. The van der Waals surface area contributed by atoms with Gasteiger partial charge in [-0.2, -0.15) is 0 Å². The molecular formula is C20H29N3O3. The van der Waals surface area contributed by atoms with Gasteiger partial charge in [0.15, 0.2) is 17.5 Å². The molecule has 26 heavy (non-hydrogen) atoms. The first-order valence-corrected chi connectivity index (χ1v) is 9.80. The Kier molecular flexibility index (Phi) is 5.20. The zero-order chi connectivity index (χ0) is 17.8. The summed E-state index contributed by atoms with van der Waals surface area (Å²) in [4.78, 5) is 4.74. The highest BCUT2D eigenvalue weighted by atomic mass is 16.7. The molecule has 2 heterocycles. The zero-order valence-corrected chi connectivity index (χ0v) is 15.3. The van der Waals surface area contributed by atoms with Gasteiger partial charge in [0.25, 0.3) is 0 Å². The Labute approximate surface area is 155 Å². The lowest BCUT2D eigenvalue weighted by atomic mass is 9.74. The highest BCUT2D eigenvalue weighted by Crippen LogP contribution is 2.41. The van der Waals surface area contributed by atoms with Gasteiger partial charge in [-0.3, -0.25) is 4.99 Å². The molecule has 0 unspecified atom stereocenters. The predicted octanol–water partition coefficient (Wildman–Crippen LogP) is 2.70. The molecule has 1 aromatic rings. The molecule has 1 saturated carbocycles. The van der Waals surface area contributed by atoms with Gasteiger partial charge >= 0.3 is 0 Å². The Morgan fingerprint density at radius 1 is 1.12 bits per heavy atom. The van der Waals surface area contributed by atoms with Crippen LogP contribution in [0.2, 0.25) is 0 Å². The number of nitrogens with one attached hydrogen (secondary N) is 1. The minimum Gasteiger partial charge on any atom is -0.454 e. The van der Waals surface area contributed by atoms with Gasteiger partial charge in [-0.15, -0.1) is 0 Å². The molecule has 0 aromatic heterocycles. The number of benzene rings is 1. The fourth-order valence-corrected chi connectivity index (χ4v) is 4.26. The van der Waals surface area contributed by atoms with E-state index in [-0.39, 0.29) is 5.41 Å². The molecule has 3 N–H and O–H groups in total. The van der Waals surface area contributed by atoms with E-state index in [4.69, 9.17) is 24.9 Å². The Bertz CT molecular complexity index is 650. The van der Waals surface area contributed by atoms with Crippen LogP contribution in [0.25, 0.3) is 0 Å². The first-order chi connectivity index (χ1) is 12.8. The van der Waals surface area contributed by atoms with Gasteiger partial charge in [0, 0.05) is 24.7 Å². The SMILES string of the molecule is NC(=NCC1(c2ccc3c(c2)OCO3)CCOCC1)NC1CCCCC1. The molecule has 0 spiro atoms. The van der Waals surface area contributed by atoms with Gasteiger partial charge in [0.05, 0.1) is 6.54 Å². The van der Waals surface area contributed by atoms with Gasteiger partial charge in [-0.25, -0.2) is 0 Å². The number of rotatable bonds is 4. The van der Waals surface area contributed by atoms with E-state index in [1.54, 1.807) is 0 Å². The fraction of sp³-hybridized carbons (Fsp3) is 0.650. The van der Waals surface area contributed by atoms with E-state index in [0.717, 1.165) is 37.6 Å². The number of nitrogens with two attached hydrogens (primary N) is 1. The molecule has 6 nitrogen and oxygen atoms in total. The van der Waals surface area contributed by atoms with Crippen LogP contribution < -0.4 is 20.5 Å². The smallest absolute Gasteiger partial charge is 0.231 e. The van der Waals surface area contributed by atoms with Crippen molar-refractivity contribution in [2.45, 2.75) is 56.4 Å². The maximum atomic E-state index is 6.21. The van der Waals surface area contributed by atoms with E-state index in [0.29, 0.717) is 25.3 Å². The zero-order valence-electron chi connectivity index (χ0n) is 15.3. The lowest BCUT2D eigenvalue weighted by Gasteiger charge is -2.36. The summed E-state index contributed by atoms with van der Waals surface area (Å²) in [6.07, 6.45) is 8.16. The fourth-order valence-electron chi connectivity index (χ4n) is 4.26. The van der Waals surface area contributed by atoms with Gasteiger partial charge in [0.1, 0.15) is 0 Å². The van der Waals surface area contributed by atoms with Crippen molar-refractivity contribution in [1.29, 1.82) is 0 Å². The number of hydrogen-bond acceptors (Lipinski definition) is 4. The second kappa shape index (κ2) is 7.74. The van der Waals surface area contributed by atoms with E-state index in [1.807, 2.05) is 6.07 Å². The molecule has 1 aliphatic carbocycles. The van der Waals surface area contributed by atoms with Gasteiger partial charge < -0.3 is 25.3 Å². The highest BCUT2D eigenvalue weighted by Gasteiger charge is 2.35. The van der Waals surface area contributed by atoms with Gasteiger partial charge in [0.2, 0.25) is 6.79 Å². The average Bonchev–Trinajstić information content (AvgIpc) is 3.16. The summed E-state index contributed by atoms with van der Waals surface area (Å²) < 4.78 is 16.6. The molecular weight excluding hydrogens is 330 g/mol. The van der Waals surface area contributed by atoms with Crippen molar-refractivity contribution in [2.75, 3.05) is 26.6 Å². The third-order valence-corrected chi connectivity index (χ3v) is 5.94. The first kappa shape index (κ1) is 17.5. The van der Waals surface area contributed by atoms with E-state index in [9.17, 15) is 0 Å². The molecule has 0 radical (unpaired) electrons. The average molecular weight is 359 g/mol. The van der Waals surface area contributed by atoms with E-state index in [2.05, 4.69) is 17.4 Å². The van der Waals surface area contributed by atoms with E-state index in [1.165, 1.54) is 37.7 Å². The van der Waals surface area contributed by atoms with Crippen molar-refractivity contribution in [3.05, 3.63) is 23.8 Å². The molecule has 0 bridgehead atoms. The minimum atomic E-state index is -0.0574. The summed E-state index contributed by atoms with van der Waals surface area (Å²) in [5, 5.41) is 3.42. The molecule has 2 aliphatic heterocycles. The molecule has 6 heteroatoms. The predicted molar refractivity (Wildman–Crippen MR) is 101 cm³/mol. The van der Waals surface area contributed by atoms with Crippen LogP contribution in [-0.4, -0.2) is 38.6 Å². The number of nitrogens with zero attached hydrogens (tertiary/aromatic N) is 1. The highest BCUT2D eigenvalue weighted by molar-refractivity contribution is 5.78. The molecule has 142 valence electrons. The van der Waals surface area contributed by atoms with Crippen molar-refractivity contribution < 1.29 is 14.2 Å². The Balaban J connectivity index is 1.50. The van der Waals surface area contributed by atoms with Gasteiger partial charge in [-0.1, -0.05) is 25.3 Å². The number of hydrogen-bond donors (Lipinski definition) is 2. The van der Waals surface area contributed by atoms with Crippen LogP contribution >= 0.6 is 0 Å². The van der Waals surface area contributed by atoms with Crippen LogP contribution in [0.4, 0.5) is 0 Å². The molecule has 3 aliphatic rings. The topological polar surface area (TPSA) is 78.1 Å². The third-order valence-electron chi connectivity index (χ3n) is 5.94. The molecule has 1 aromatic carbocycles. The summed E-state index contributed by atoms with van der Waals surface area (Å²) in [6.45, 7) is 2.46. The first-order valence-electron chi connectivity index (χ1n) is 9.80. The Morgan fingerprint density at radius 3 is 2.69 bits per heavy atom. The molecule has 2 fully saturated rings. The Hall–Kier alpha value is -1.95. The molecule has 4 rings (SSSR count). The van der Waals surface area contributed by atoms with Crippen molar-refractivity contribution in [3.63, 3.8) is 0 Å². The maximum absolute atomic E-state index is 6.21. The van der Waals surface area contributed by atoms with Crippen molar-refractivity contribution in [1.82, 2.24) is 5.32 Å². The largest absolute Gasteiger partial charge is 0.454 e. The van der Waals surface area contributed by atoms with Gasteiger partial charge in [-0.05, 0) is 43.4 Å². The number of ether oxygens (including phenoxy) is 3. The summed E-state index contributed by atoms with van der Waals surface area (Å²) >= 11 is 0. The standard InChI is InChI=1S/C20H29N3O3/c21-19(23-16-4-2-1-3-5-16)22-13-20(8-10-24-11-9-20)15-6-7-17-18(12-15)26-14-25-17/h6-7,12,16H,1-5,8-11,13-14H2,(H3,21,22,23). The van der Waals surface area contributed by atoms with Crippen LogP contribution in [-0.2, 0) is 10.2 Å². The third kappa shape index (κ3) is 3.75. The lowest BCUT2D eigenvalue weighted by molar-refractivity contribution is 0.0530. The maximum Gasteiger partial charge on any atom is 0.231 e. The second-order valence-corrected chi connectivity index (χ2v) is 7.64. The Morgan fingerprint density at radius 2 is 1.88 bits per heavy atom. The van der Waals surface area contributed by atoms with Crippen molar-refractivity contribution in [3.8, 4) is 11.5 Å². The summed E-state index contributed by atoms with van der Waals surface area (Å²) in [5.74, 6) is 2.21. The minimum absolute atomic E-state index is 0.0574. The van der Waals surface area contributed by atoms with E-state index >= 15 is 0 Å². The summed E-state index contributed by atoms with van der Waals surface area (Å²) in [7, 11) is 0. The van der Waals surface area contributed by atoms with Crippen molar-refractivity contribution >= 4 is 5.96 Å². The van der Waals surface area contributed by atoms with Crippen LogP contribution in [0.1, 0.15) is 50.5 Å².